The predicted octanol–water partition coefficient (Wildman–Crippen LogP) is 1.73. The standard InChI is InChI=1S/C13H15N3O4S2/c1-7-11(22-10(15-7)5-20-2)12(17)14-4-3-9-16-8(6-21-9)13(18)19/h6H,3-5H2,1-2H3,(H,14,17)(H,18,19). The van der Waals surface area contributed by atoms with Gasteiger partial charge >= 0.3 is 5.97 Å². The molecule has 0 atom stereocenters. The fourth-order valence-electron chi connectivity index (χ4n) is 1.74. The van der Waals surface area contributed by atoms with Gasteiger partial charge in [-0.05, 0) is 6.92 Å². The number of methoxy groups -OCH3 is 1. The number of carbonyl (C=O) groups excluding carboxylic acids is 1. The van der Waals surface area contributed by atoms with Gasteiger partial charge in [0.05, 0.1) is 17.3 Å². The molecule has 0 radical (unpaired) electrons. The zero-order chi connectivity index (χ0) is 16.1. The van der Waals surface area contributed by atoms with Gasteiger partial charge in [0.1, 0.15) is 9.88 Å². The van der Waals surface area contributed by atoms with E-state index >= 15 is 0 Å². The Bertz CT molecular complexity index is 681. The maximum absolute atomic E-state index is 12.1. The Hall–Kier alpha value is -1.84. The molecule has 0 aliphatic heterocycles. The lowest BCUT2D eigenvalue weighted by Gasteiger charge is -2.02. The molecule has 22 heavy (non-hydrogen) atoms. The highest BCUT2D eigenvalue weighted by Crippen LogP contribution is 2.18. The van der Waals surface area contributed by atoms with Crippen LogP contribution in [-0.2, 0) is 17.8 Å². The SMILES string of the molecule is COCc1nc(C)c(C(=O)NCCc2nc(C(=O)O)cs2)s1. The average molecular weight is 341 g/mol. The normalized spacial score (nSPS) is 10.6. The number of hydrogen-bond donors (Lipinski definition) is 2. The number of nitrogens with zero attached hydrogens (tertiary/aromatic N) is 2. The van der Waals surface area contributed by atoms with Crippen LogP contribution in [-0.4, -0.2) is 40.6 Å². The molecule has 2 aromatic rings. The van der Waals surface area contributed by atoms with Crippen LogP contribution in [0.1, 0.15) is 35.9 Å². The van der Waals surface area contributed by atoms with E-state index in [2.05, 4.69) is 15.3 Å². The van der Waals surface area contributed by atoms with Gasteiger partial charge in [-0.1, -0.05) is 0 Å². The number of hydrogen-bond acceptors (Lipinski definition) is 7. The van der Waals surface area contributed by atoms with Crippen LogP contribution in [0.3, 0.4) is 0 Å². The van der Waals surface area contributed by atoms with E-state index in [1.807, 2.05) is 0 Å². The second kappa shape index (κ2) is 7.43. The number of thiazole rings is 2. The highest BCUT2D eigenvalue weighted by molar-refractivity contribution is 7.13. The molecule has 0 saturated carbocycles. The molecular weight excluding hydrogens is 326 g/mol. The molecule has 1 amide bonds. The lowest BCUT2D eigenvalue weighted by atomic mass is 10.3. The van der Waals surface area contributed by atoms with E-state index in [1.54, 1.807) is 14.0 Å². The molecule has 2 rings (SSSR count). The highest BCUT2D eigenvalue weighted by Gasteiger charge is 2.15. The maximum Gasteiger partial charge on any atom is 0.355 e. The number of carboxylic acids is 1. The van der Waals surface area contributed by atoms with Crippen molar-refractivity contribution in [3.8, 4) is 0 Å². The summed E-state index contributed by atoms with van der Waals surface area (Å²) in [4.78, 5) is 31.6. The van der Waals surface area contributed by atoms with Crippen molar-refractivity contribution < 1.29 is 19.4 Å². The van der Waals surface area contributed by atoms with E-state index in [9.17, 15) is 9.59 Å². The van der Waals surface area contributed by atoms with Crippen molar-refractivity contribution in [1.82, 2.24) is 15.3 Å². The van der Waals surface area contributed by atoms with Crippen molar-refractivity contribution in [3.05, 3.63) is 31.7 Å². The zero-order valence-corrected chi connectivity index (χ0v) is 13.7. The van der Waals surface area contributed by atoms with Gasteiger partial charge in [-0.15, -0.1) is 22.7 Å². The largest absolute Gasteiger partial charge is 0.476 e. The van der Waals surface area contributed by atoms with E-state index in [0.29, 0.717) is 35.2 Å². The van der Waals surface area contributed by atoms with E-state index in [0.717, 1.165) is 5.01 Å². The molecule has 2 N–H and O–H groups in total. The molecule has 0 aliphatic rings. The third kappa shape index (κ3) is 4.09. The summed E-state index contributed by atoms with van der Waals surface area (Å²) in [6.07, 6.45) is 0.493. The maximum atomic E-state index is 12.1. The summed E-state index contributed by atoms with van der Waals surface area (Å²) in [5.74, 6) is -1.23. The molecule has 0 aromatic carbocycles. The van der Waals surface area contributed by atoms with Crippen LogP contribution >= 0.6 is 22.7 Å². The van der Waals surface area contributed by atoms with Gasteiger partial charge in [-0.25, -0.2) is 14.8 Å². The van der Waals surface area contributed by atoms with Gasteiger partial charge in [-0.3, -0.25) is 4.79 Å². The van der Waals surface area contributed by atoms with E-state index < -0.39 is 5.97 Å². The van der Waals surface area contributed by atoms with E-state index in [-0.39, 0.29) is 11.6 Å². The third-order valence-corrected chi connectivity index (χ3v) is 4.75. The Labute approximate surface area is 135 Å². The molecular formula is C13H15N3O4S2. The summed E-state index contributed by atoms with van der Waals surface area (Å²) in [6, 6.07) is 0. The molecule has 0 unspecified atom stereocenters. The first-order chi connectivity index (χ1) is 10.5. The number of carboxylic acid groups (broad SMARTS) is 1. The van der Waals surface area contributed by atoms with Crippen LogP contribution in [0.15, 0.2) is 5.38 Å². The highest BCUT2D eigenvalue weighted by atomic mass is 32.1. The van der Waals surface area contributed by atoms with Crippen LogP contribution in [0.25, 0.3) is 0 Å². The Balaban J connectivity index is 1.88. The van der Waals surface area contributed by atoms with E-state index in [4.69, 9.17) is 9.84 Å². The van der Waals surface area contributed by atoms with Crippen LogP contribution in [0.2, 0.25) is 0 Å². The van der Waals surface area contributed by atoms with Crippen LogP contribution in [0.5, 0.6) is 0 Å². The predicted molar refractivity (Wildman–Crippen MR) is 82.7 cm³/mol. The number of ether oxygens (including phenoxy) is 1. The van der Waals surface area contributed by atoms with Crippen LogP contribution in [0.4, 0.5) is 0 Å². The van der Waals surface area contributed by atoms with Crippen molar-refractivity contribution in [2.75, 3.05) is 13.7 Å². The molecule has 0 spiro atoms. The molecule has 7 nitrogen and oxygen atoms in total. The first-order valence-corrected chi connectivity index (χ1v) is 8.12. The summed E-state index contributed by atoms with van der Waals surface area (Å²) >= 11 is 2.58. The lowest BCUT2D eigenvalue weighted by molar-refractivity contribution is 0.0690. The molecule has 2 aromatic heterocycles. The Morgan fingerprint density at radius 2 is 2.14 bits per heavy atom. The summed E-state index contributed by atoms with van der Waals surface area (Å²) in [7, 11) is 1.58. The second-order valence-electron chi connectivity index (χ2n) is 4.39. The molecule has 0 fully saturated rings. The molecule has 2 heterocycles. The monoisotopic (exact) mass is 341 g/mol. The first-order valence-electron chi connectivity index (χ1n) is 6.42. The second-order valence-corrected chi connectivity index (χ2v) is 6.42. The number of amides is 1. The molecule has 0 saturated heterocycles. The topological polar surface area (TPSA) is 101 Å². The smallest absolute Gasteiger partial charge is 0.355 e. The zero-order valence-electron chi connectivity index (χ0n) is 12.1. The van der Waals surface area contributed by atoms with Crippen molar-refractivity contribution in [1.29, 1.82) is 0 Å². The average Bonchev–Trinajstić information content (AvgIpc) is 3.06. The van der Waals surface area contributed by atoms with Gasteiger partial charge in [0.25, 0.3) is 5.91 Å². The molecule has 118 valence electrons. The van der Waals surface area contributed by atoms with Gasteiger partial charge in [-0.2, -0.15) is 0 Å². The minimum absolute atomic E-state index is 0.0360. The Morgan fingerprint density at radius 3 is 2.77 bits per heavy atom. The number of rotatable bonds is 7. The minimum atomic E-state index is -1.04. The third-order valence-electron chi connectivity index (χ3n) is 2.71. The number of aromatic nitrogens is 2. The first kappa shape index (κ1) is 16.5. The quantitative estimate of drug-likeness (QED) is 0.795. The Morgan fingerprint density at radius 1 is 1.36 bits per heavy atom. The minimum Gasteiger partial charge on any atom is -0.476 e. The number of nitrogens with one attached hydrogen (secondary N) is 1. The fraction of sp³-hybridized carbons (Fsp3) is 0.385. The summed E-state index contributed by atoms with van der Waals surface area (Å²) in [5.41, 5.74) is 0.714. The van der Waals surface area contributed by atoms with Gasteiger partial charge < -0.3 is 15.2 Å². The number of aromatic carboxylic acids is 1. The van der Waals surface area contributed by atoms with Gasteiger partial charge in [0.15, 0.2) is 5.69 Å². The lowest BCUT2D eigenvalue weighted by Crippen LogP contribution is -2.25. The van der Waals surface area contributed by atoms with Gasteiger partial charge in [0, 0.05) is 25.5 Å². The van der Waals surface area contributed by atoms with Crippen LogP contribution in [0, 0.1) is 6.92 Å². The molecule has 9 heteroatoms. The van der Waals surface area contributed by atoms with Crippen molar-refractivity contribution in [2.45, 2.75) is 20.0 Å². The molecule has 0 aliphatic carbocycles. The Kier molecular flexibility index (Phi) is 5.58. The number of carbonyl (C=O) groups is 2. The van der Waals surface area contributed by atoms with Gasteiger partial charge in [0.2, 0.25) is 0 Å². The van der Waals surface area contributed by atoms with E-state index in [1.165, 1.54) is 28.1 Å². The van der Waals surface area contributed by atoms with Crippen LogP contribution < -0.4 is 5.32 Å². The van der Waals surface area contributed by atoms with Crippen molar-refractivity contribution in [2.24, 2.45) is 0 Å². The molecule has 0 bridgehead atoms. The fourth-order valence-corrected chi connectivity index (χ4v) is 3.46. The summed E-state index contributed by atoms with van der Waals surface area (Å²) in [5, 5.41) is 14.5. The van der Waals surface area contributed by atoms with Crippen molar-refractivity contribution in [3.63, 3.8) is 0 Å². The summed E-state index contributed by atoms with van der Waals surface area (Å²) in [6.45, 7) is 2.56. The summed E-state index contributed by atoms with van der Waals surface area (Å²) < 4.78 is 5.00. The van der Waals surface area contributed by atoms with Crippen molar-refractivity contribution >= 4 is 34.6 Å². The number of aryl methyl sites for hydroxylation is 1.